The predicted octanol–water partition coefficient (Wildman–Crippen LogP) is 5.47. The topological polar surface area (TPSA) is 38.9 Å². The fraction of sp³-hybridized carbons (Fsp3) is 0. The molecule has 0 unspecified atom stereocenters. The van der Waals surface area contributed by atoms with Gasteiger partial charge in [0.2, 0.25) is 5.82 Å². The van der Waals surface area contributed by atoms with Crippen LogP contribution in [0.4, 0.5) is 0 Å². The molecule has 0 bridgehead atoms. The van der Waals surface area contributed by atoms with E-state index in [9.17, 15) is 0 Å². The van der Waals surface area contributed by atoms with Gasteiger partial charge in [-0.2, -0.15) is 4.98 Å². The lowest BCUT2D eigenvalue weighted by Gasteiger charge is -1.99. The van der Waals surface area contributed by atoms with Crippen molar-refractivity contribution in [2.24, 2.45) is 0 Å². The van der Waals surface area contributed by atoms with Crippen LogP contribution in [0.5, 0.6) is 0 Å². The second-order valence-corrected chi connectivity index (χ2v) is 5.73. The van der Waals surface area contributed by atoms with Crippen LogP contribution in [-0.4, -0.2) is 10.1 Å². The average Bonchev–Trinajstić information content (AvgIpc) is 2.88. The van der Waals surface area contributed by atoms with Crippen molar-refractivity contribution >= 4 is 39.1 Å². The van der Waals surface area contributed by atoms with Crippen molar-refractivity contribution < 1.29 is 4.52 Å². The number of hydrogen-bond donors (Lipinski definition) is 0. The van der Waals surface area contributed by atoms with Crippen LogP contribution in [0.3, 0.4) is 0 Å². The van der Waals surface area contributed by atoms with Crippen LogP contribution in [0.15, 0.2) is 51.5 Å². The molecule has 0 atom stereocenters. The summed E-state index contributed by atoms with van der Waals surface area (Å²) in [7, 11) is 0. The van der Waals surface area contributed by atoms with Crippen molar-refractivity contribution in [3.63, 3.8) is 0 Å². The highest BCUT2D eigenvalue weighted by Crippen LogP contribution is 2.31. The summed E-state index contributed by atoms with van der Waals surface area (Å²) >= 11 is 15.5. The van der Waals surface area contributed by atoms with E-state index in [2.05, 4.69) is 26.1 Å². The highest BCUT2D eigenvalue weighted by Gasteiger charge is 2.14. The van der Waals surface area contributed by atoms with Crippen molar-refractivity contribution in [2.45, 2.75) is 0 Å². The van der Waals surface area contributed by atoms with Crippen LogP contribution in [0.25, 0.3) is 22.8 Å². The molecule has 0 aliphatic rings. The van der Waals surface area contributed by atoms with Gasteiger partial charge in [0.1, 0.15) is 0 Å². The van der Waals surface area contributed by atoms with Gasteiger partial charge in [-0.15, -0.1) is 0 Å². The maximum atomic E-state index is 6.14. The Balaban J connectivity index is 2.04. The van der Waals surface area contributed by atoms with Crippen LogP contribution < -0.4 is 0 Å². The van der Waals surface area contributed by atoms with E-state index in [0.29, 0.717) is 27.3 Å². The molecule has 3 aromatic rings. The molecule has 0 fully saturated rings. The van der Waals surface area contributed by atoms with E-state index >= 15 is 0 Å². The Morgan fingerprint density at radius 3 is 2.55 bits per heavy atom. The first-order chi connectivity index (χ1) is 9.65. The van der Waals surface area contributed by atoms with Gasteiger partial charge in [-0.25, -0.2) is 0 Å². The normalized spacial score (nSPS) is 10.8. The Morgan fingerprint density at radius 1 is 1.00 bits per heavy atom. The Hall–Kier alpha value is -1.36. The second-order valence-electron chi connectivity index (χ2n) is 4.03. The molecule has 3 nitrogen and oxygen atoms in total. The summed E-state index contributed by atoms with van der Waals surface area (Å²) in [5.74, 6) is 0.857. The smallest absolute Gasteiger partial charge is 0.259 e. The van der Waals surface area contributed by atoms with Gasteiger partial charge >= 0.3 is 0 Å². The van der Waals surface area contributed by atoms with E-state index in [4.69, 9.17) is 27.7 Å². The second kappa shape index (κ2) is 5.56. The molecule has 0 N–H and O–H groups in total. The lowest BCUT2D eigenvalue weighted by Crippen LogP contribution is -1.83. The van der Waals surface area contributed by atoms with Crippen molar-refractivity contribution in [1.29, 1.82) is 0 Å². The number of hydrogen-bond acceptors (Lipinski definition) is 3. The van der Waals surface area contributed by atoms with Gasteiger partial charge in [-0.3, -0.25) is 0 Å². The quantitative estimate of drug-likeness (QED) is 0.600. The first-order valence-electron chi connectivity index (χ1n) is 5.69. The molecule has 0 spiro atoms. The zero-order valence-electron chi connectivity index (χ0n) is 9.98. The van der Waals surface area contributed by atoms with Gasteiger partial charge in [0.25, 0.3) is 5.89 Å². The number of nitrogens with zero attached hydrogens (tertiary/aromatic N) is 2. The van der Waals surface area contributed by atoms with Gasteiger partial charge in [0, 0.05) is 15.1 Å². The van der Waals surface area contributed by atoms with Crippen LogP contribution in [0, 0.1) is 0 Å². The molecule has 1 aromatic heterocycles. The SMILES string of the molecule is Clc1ccc(-c2noc(-c3ccccc3Br)n2)c(Cl)c1. The largest absolute Gasteiger partial charge is 0.334 e. The Bertz CT molecular complexity index is 773. The summed E-state index contributed by atoms with van der Waals surface area (Å²) in [6.45, 7) is 0. The van der Waals surface area contributed by atoms with E-state index in [1.165, 1.54) is 0 Å². The number of rotatable bonds is 2. The van der Waals surface area contributed by atoms with Gasteiger partial charge in [-0.05, 0) is 46.3 Å². The van der Waals surface area contributed by atoms with Gasteiger partial charge < -0.3 is 4.52 Å². The molecule has 0 radical (unpaired) electrons. The molecule has 100 valence electrons. The summed E-state index contributed by atoms with van der Waals surface area (Å²) in [6.07, 6.45) is 0. The van der Waals surface area contributed by atoms with E-state index in [1.807, 2.05) is 24.3 Å². The molecule has 0 saturated heterocycles. The molecule has 20 heavy (non-hydrogen) atoms. The lowest BCUT2D eigenvalue weighted by molar-refractivity contribution is 0.432. The third-order valence-electron chi connectivity index (χ3n) is 2.70. The summed E-state index contributed by atoms with van der Waals surface area (Å²) in [6, 6.07) is 12.8. The van der Waals surface area contributed by atoms with Gasteiger partial charge in [-0.1, -0.05) is 40.5 Å². The van der Waals surface area contributed by atoms with E-state index < -0.39 is 0 Å². The summed E-state index contributed by atoms with van der Waals surface area (Å²) in [5, 5.41) is 5.01. The number of aromatic nitrogens is 2. The van der Waals surface area contributed by atoms with Crippen molar-refractivity contribution in [3.8, 4) is 22.8 Å². The fourth-order valence-corrected chi connectivity index (χ4v) is 2.70. The van der Waals surface area contributed by atoms with Crippen molar-refractivity contribution in [2.75, 3.05) is 0 Å². The van der Waals surface area contributed by atoms with Crippen LogP contribution in [0.1, 0.15) is 0 Å². The average molecular weight is 370 g/mol. The zero-order chi connectivity index (χ0) is 14.1. The Labute approximate surface area is 133 Å². The van der Waals surface area contributed by atoms with Crippen molar-refractivity contribution in [1.82, 2.24) is 10.1 Å². The first-order valence-corrected chi connectivity index (χ1v) is 7.24. The van der Waals surface area contributed by atoms with Crippen LogP contribution >= 0.6 is 39.1 Å². The third kappa shape index (κ3) is 2.59. The molecule has 0 saturated carbocycles. The number of halogens is 3. The zero-order valence-corrected chi connectivity index (χ0v) is 13.1. The molecular weight excluding hydrogens is 363 g/mol. The third-order valence-corrected chi connectivity index (χ3v) is 3.94. The minimum atomic E-state index is 0.428. The fourth-order valence-electron chi connectivity index (χ4n) is 1.75. The molecule has 6 heteroatoms. The molecular formula is C14H7BrCl2N2O. The maximum Gasteiger partial charge on any atom is 0.259 e. The van der Waals surface area contributed by atoms with Crippen LogP contribution in [0.2, 0.25) is 10.0 Å². The maximum absolute atomic E-state index is 6.14. The van der Waals surface area contributed by atoms with Crippen molar-refractivity contribution in [3.05, 3.63) is 57.0 Å². The Morgan fingerprint density at radius 2 is 1.80 bits per heavy atom. The summed E-state index contributed by atoms with van der Waals surface area (Å²) in [4.78, 5) is 4.37. The van der Waals surface area contributed by atoms with E-state index in [0.717, 1.165) is 10.0 Å². The highest BCUT2D eigenvalue weighted by atomic mass is 79.9. The summed E-state index contributed by atoms with van der Waals surface area (Å²) < 4.78 is 6.17. The molecule has 0 amide bonds. The van der Waals surface area contributed by atoms with Crippen LogP contribution in [-0.2, 0) is 0 Å². The molecule has 2 aromatic carbocycles. The molecule has 1 heterocycles. The molecule has 3 rings (SSSR count). The Kier molecular flexibility index (Phi) is 3.78. The number of benzene rings is 2. The minimum absolute atomic E-state index is 0.428. The highest BCUT2D eigenvalue weighted by molar-refractivity contribution is 9.10. The minimum Gasteiger partial charge on any atom is -0.334 e. The molecule has 0 aliphatic carbocycles. The summed E-state index contributed by atoms with van der Waals surface area (Å²) in [5.41, 5.74) is 1.51. The van der Waals surface area contributed by atoms with Gasteiger partial charge in [0.05, 0.1) is 10.6 Å². The monoisotopic (exact) mass is 368 g/mol. The van der Waals surface area contributed by atoms with E-state index in [1.54, 1.807) is 18.2 Å². The van der Waals surface area contributed by atoms with Gasteiger partial charge in [0.15, 0.2) is 0 Å². The standard InChI is InChI=1S/C14H7BrCl2N2O/c15-11-4-2-1-3-9(11)14-18-13(19-20-14)10-6-5-8(16)7-12(10)17/h1-7H. The first kappa shape index (κ1) is 13.6. The molecule has 0 aliphatic heterocycles. The lowest BCUT2D eigenvalue weighted by atomic mass is 10.2. The van der Waals surface area contributed by atoms with E-state index in [-0.39, 0.29) is 0 Å². The predicted molar refractivity (Wildman–Crippen MR) is 82.9 cm³/mol.